The van der Waals surface area contributed by atoms with Crippen molar-refractivity contribution < 1.29 is 14.7 Å². The number of allylic oxidation sites excluding steroid dienone is 1. The van der Waals surface area contributed by atoms with Crippen molar-refractivity contribution in [2.24, 2.45) is 11.3 Å². The van der Waals surface area contributed by atoms with Crippen LogP contribution in [0.2, 0.25) is 0 Å². The Morgan fingerprint density at radius 1 is 1.59 bits per heavy atom. The summed E-state index contributed by atoms with van der Waals surface area (Å²) in [5.41, 5.74) is -0.159. The Morgan fingerprint density at radius 2 is 2.18 bits per heavy atom. The van der Waals surface area contributed by atoms with E-state index in [9.17, 15) is 9.59 Å². The van der Waals surface area contributed by atoms with E-state index in [0.717, 1.165) is 6.42 Å². The molecule has 5 nitrogen and oxygen atoms in total. The van der Waals surface area contributed by atoms with Gasteiger partial charge in [0.25, 0.3) is 0 Å². The van der Waals surface area contributed by atoms with Crippen molar-refractivity contribution in [3.8, 4) is 6.07 Å². The van der Waals surface area contributed by atoms with Crippen LogP contribution in [0.1, 0.15) is 33.1 Å². The first kappa shape index (κ1) is 13.2. The molecule has 0 aliphatic heterocycles. The van der Waals surface area contributed by atoms with Gasteiger partial charge >= 0.3 is 5.97 Å². The Kier molecular flexibility index (Phi) is 3.89. The SMILES string of the molecule is CC1(C)CC1C(=O)NC(=CCCC#N)C(=O)O. The van der Waals surface area contributed by atoms with Crippen LogP contribution in [0.5, 0.6) is 0 Å². The summed E-state index contributed by atoms with van der Waals surface area (Å²) < 4.78 is 0. The van der Waals surface area contributed by atoms with Crippen molar-refractivity contribution in [3.63, 3.8) is 0 Å². The molecule has 2 N–H and O–H groups in total. The van der Waals surface area contributed by atoms with Gasteiger partial charge in [0.15, 0.2) is 0 Å². The first-order chi connectivity index (χ1) is 7.88. The molecule has 0 aromatic rings. The van der Waals surface area contributed by atoms with Crippen LogP contribution in [-0.4, -0.2) is 17.0 Å². The number of unbranched alkanes of at least 4 members (excludes halogenated alkanes) is 1. The standard InChI is InChI=1S/C12H16N2O3/c1-12(2)7-8(12)10(15)14-9(11(16)17)5-3-4-6-13/h5,8H,3-4,7H2,1-2H3,(H,14,15)(H,16,17). The second-order valence-corrected chi connectivity index (χ2v) is 4.85. The van der Waals surface area contributed by atoms with Gasteiger partial charge in [-0.25, -0.2) is 4.79 Å². The van der Waals surface area contributed by atoms with Gasteiger partial charge < -0.3 is 10.4 Å². The van der Waals surface area contributed by atoms with E-state index in [1.165, 1.54) is 6.08 Å². The lowest BCUT2D eigenvalue weighted by molar-refractivity contribution is -0.135. The molecule has 1 atom stereocenters. The van der Waals surface area contributed by atoms with Crippen molar-refractivity contribution in [3.05, 3.63) is 11.8 Å². The number of carboxylic acids is 1. The molecular weight excluding hydrogens is 220 g/mol. The third-order valence-electron chi connectivity index (χ3n) is 2.92. The van der Waals surface area contributed by atoms with Gasteiger partial charge in [-0.1, -0.05) is 19.9 Å². The summed E-state index contributed by atoms with van der Waals surface area (Å²) >= 11 is 0. The molecule has 1 aliphatic carbocycles. The lowest BCUT2D eigenvalue weighted by Crippen LogP contribution is -2.29. The van der Waals surface area contributed by atoms with Gasteiger partial charge in [0.1, 0.15) is 5.70 Å². The van der Waals surface area contributed by atoms with Gasteiger partial charge in [-0.15, -0.1) is 0 Å². The highest BCUT2D eigenvalue weighted by Gasteiger charge is 2.50. The Balaban J connectivity index is 2.56. The molecule has 0 aromatic heterocycles. The highest BCUT2D eigenvalue weighted by molar-refractivity contribution is 5.94. The quantitative estimate of drug-likeness (QED) is 0.558. The number of carboxylic acid groups (broad SMARTS) is 1. The van der Waals surface area contributed by atoms with Crippen molar-refractivity contribution in [1.82, 2.24) is 5.32 Å². The zero-order valence-corrected chi connectivity index (χ0v) is 9.99. The van der Waals surface area contributed by atoms with Crippen molar-refractivity contribution in [1.29, 1.82) is 5.26 Å². The van der Waals surface area contributed by atoms with Crippen molar-refractivity contribution >= 4 is 11.9 Å². The Labute approximate surface area is 100 Å². The number of nitrogens with one attached hydrogen (secondary N) is 1. The Hall–Kier alpha value is -1.83. The highest BCUT2D eigenvalue weighted by Crippen LogP contribution is 2.51. The van der Waals surface area contributed by atoms with Crippen LogP contribution in [0, 0.1) is 22.7 Å². The van der Waals surface area contributed by atoms with E-state index in [1.807, 2.05) is 19.9 Å². The molecule has 1 rings (SSSR count). The number of rotatable bonds is 5. The second-order valence-electron chi connectivity index (χ2n) is 4.85. The molecule has 0 radical (unpaired) electrons. The number of nitrogens with zero attached hydrogens (tertiary/aromatic N) is 1. The molecule has 0 spiro atoms. The maximum Gasteiger partial charge on any atom is 0.352 e. The van der Waals surface area contributed by atoms with Gasteiger partial charge in [0, 0.05) is 12.3 Å². The van der Waals surface area contributed by atoms with E-state index < -0.39 is 5.97 Å². The lowest BCUT2D eigenvalue weighted by atomic mass is 10.1. The molecule has 1 amide bonds. The van der Waals surface area contributed by atoms with Crippen LogP contribution in [0.15, 0.2) is 11.8 Å². The number of hydrogen-bond acceptors (Lipinski definition) is 3. The van der Waals surface area contributed by atoms with Crippen LogP contribution in [0.25, 0.3) is 0 Å². The molecule has 5 heteroatoms. The van der Waals surface area contributed by atoms with Crippen LogP contribution in [0.4, 0.5) is 0 Å². The minimum absolute atomic E-state index is 0.0274. The number of aliphatic carboxylic acids is 1. The fourth-order valence-electron chi connectivity index (χ4n) is 1.61. The second kappa shape index (κ2) is 5.00. The number of carbonyl (C=O) groups excluding carboxylic acids is 1. The zero-order chi connectivity index (χ0) is 13.1. The smallest absolute Gasteiger partial charge is 0.352 e. The maximum atomic E-state index is 11.7. The minimum atomic E-state index is -1.17. The summed E-state index contributed by atoms with van der Waals surface area (Å²) in [4.78, 5) is 22.6. The molecule has 0 bridgehead atoms. The van der Waals surface area contributed by atoms with Crippen molar-refractivity contribution in [2.75, 3.05) is 0 Å². The highest BCUT2D eigenvalue weighted by atomic mass is 16.4. The van der Waals surface area contributed by atoms with Crippen LogP contribution in [0.3, 0.4) is 0 Å². The lowest BCUT2D eigenvalue weighted by Gasteiger charge is -2.06. The summed E-state index contributed by atoms with van der Waals surface area (Å²) in [6.45, 7) is 3.94. The fourth-order valence-corrected chi connectivity index (χ4v) is 1.61. The topological polar surface area (TPSA) is 90.2 Å². The third-order valence-corrected chi connectivity index (χ3v) is 2.92. The van der Waals surface area contributed by atoms with Crippen LogP contribution in [-0.2, 0) is 9.59 Å². The number of hydrogen-bond donors (Lipinski definition) is 2. The summed E-state index contributed by atoms with van der Waals surface area (Å²) in [6.07, 6.45) is 2.72. The first-order valence-electron chi connectivity index (χ1n) is 5.50. The molecule has 0 saturated heterocycles. The van der Waals surface area contributed by atoms with E-state index in [1.54, 1.807) is 0 Å². The molecule has 17 heavy (non-hydrogen) atoms. The normalized spacial score (nSPS) is 21.5. The van der Waals surface area contributed by atoms with Crippen LogP contribution < -0.4 is 5.32 Å². The summed E-state index contributed by atoms with van der Waals surface area (Å²) in [5.74, 6) is -1.53. The molecule has 1 fully saturated rings. The molecule has 0 aromatic carbocycles. The Morgan fingerprint density at radius 3 is 2.59 bits per heavy atom. The fraction of sp³-hybridized carbons (Fsp3) is 0.583. The van der Waals surface area contributed by atoms with Gasteiger partial charge in [0.05, 0.1) is 6.07 Å². The average molecular weight is 236 g/mol. The third kappa shape index (κ3) is 3.59. The number of nitriles is 1. The summed E-state index contributed by atoms with van der Waals surface area (Å²) in [5, 5.41) is 19.6. The predicted molar refractivity (Wildman–Crippen MR) is 60.6 cm³/mol. The Bertz CT molecular complexity index is 404. The molecule has 1 unspecified atom stereocenters. The zero-order valence-electron chi connectivity index (χ0n) is 9.99. The number of amides is 1. The van der Waals surface area contributed by atoms with E-state index in [0.29, 0.717) is 6.42 Å². The van der Waals surface area contributed by atoms with Gasteiger partial charge in [-0.3, -0.25) is 4.79 Å². The van der Waals surface area contributed by atoms with E-state index in [-0.39, 0.29) is 29.4 Å². The summed E-state index contributed by atoms with van der Waals surface area (Å²) in [7, 11) is 0. The largest absolute Gasteiger partial charge is 0.477 e. The van der Waals surface area contributed by atoms with E-state index >= 15 is 0 Å². The number of carbonyl (C=O) groups is 2. The van der Waals surface area contributed by atoms with Gasteiger partial charge in [0.2, 0.25) is 5.91 Å². The van der Waals surface area contributed by atoms with Crippen molar-refractivity contribution in [2.45, 2.75) is 33.1 Å². The monoisotopic (exact) mass is 236 g/mol. The van der Waals surface area contributed by atoms with Gasteiger partial charge in [-0.2, -0.15) is 5.26 Å². The van der Waals surface area contributed by atoms with Crippen LogP contribution >= 0.6 is 0 Å². The molecular formula is C12H16N2O3. The predicted octanol–water partition coefficient (Wildman–Crippen LogP) is 1.42. The first-order valence-corrected chi connectivity index (χ1v) is 5.50. The minimum Gasteiger partial charge on any atom is -0.477 e. The molecule has 1 saturated carbocycles. The average Bonchev–Trinajstić information content (AvgIpc) is 2.86. The molecule has 0 heterocycles. The summed E-state index contributed by atoms with van der Waals surface area (Å²) in [6, 6.07) is 1.91. The molecule has 1 aliphatic rings. The van der Waals surface area contributed by atoms with Gasteiger partial charge in [-0.05, 0) is 18.3 Å². The molecule has 92 valence electrons. The van der Waals surface area contributed by atoms with E-state index in [4.69, 9.17) is 10.4 Å². The maximum absolute atomic E-state index is 11.7. The van der Waals surface area contributed by atoms with E-state index in [2.05, 4.69) is 5.32 Å².